The zero-order valence-electron chi connectivity index (χ0n) is 11.2. The third-order valence-corrected chi connectivity index (χ3v) is 3.68. The van der Waals surface area contributed by atoms with Crippen molar-refractivity contribution in [2.45, 2.75) is 26.2 Å². The summed E-state index contributed by atoms with van der Waals surface area (Å²) in [7, 11) is 0. The minimum atomic E-state index is -0.769. The van der Waals surface area contributed by atoms with Gasteiger partial charge in [0.25, 0.3) is 0 Å². The molecule has 104 valence electrons. The van der Waals surface area contributed by atoms with E-state index in [4.69, 9.17) is 0 Å². The zero-order valence-corrected chi connectivity index (χ0v) is 11.2. The van der Waals surface area contributed by atoms with Gasteiger partial charge in [0.1, 0.15) is 11.6 Å². The molecule has 0 N–H and O–H groups in total. The van der Waals surface area contributed by atoms with Crippen molar-refractivity contribution in [3.05, 3.63) is 35.4 Å². The lowest BCUT2D eigenvalue weighted by Gasteiger charge is -2.15. The number of Topliss-reactive ketones (excluding diaryl/α,β-unsaturated/α-hetero) is 1. The number of nitrogens with zero attached hydrogens (tertiary/aromatic N) is 1. The Kier molecular flexibility index (Phi) is 4.64. The number of rotatable bonds is 5. The van der Waals surface area contributed by atoms with E-state index < -0.39 is 23.0 Å². The van der Waals surface area contributed by atoms with Crippen molar-refractivity contribution in [3.63, 3.8) is 0 Å². The Morgan fingerprint density at radius 1 is 1.37 bits per heavy atom. The van der Waals surface area contributed by atoms with Crippen LogP contribution in [-0.2, 0) is 0 Å². The Hall–Kier alpha value is -1.29. The Bertz CT molecular complexity index is 441. The van der Waals surface area contributed by atoms with Gasteiger partial charge in [-0.15, -0.1) is 0 Å². The number of likely N-dealkylation sites (tertiary alicyclic amines) is 1. The molecule has 0 aliphatic carbocycles. The lowest BCUT2D eigenvalue weighted by atomic mass is 10.0. The fourth-order valence-electron chi connectivity index (χ4n) is 2.75. The second-order valence-electron chi connectivity index (χ2n) is 5.20. The van der Waals surface area contributed by atoms with Crippen molar-refractivity contribution in [2.75, 3.05) is 19.6 Å². The number of halogens is 2. The largest absolute Gasteiger partial charge is 0.296 e. The topological polar surface area (TPSA) is 20.3 Å². The van der Waals surface area contributed by atoms with Gasteiger partial charge in [-0.1, -0.05) is 19.4 Å². The summed E-state index contributed by atoms with van der Waals surface area (Å²) in [5.74, 6) is -1.39. The first-order valence-corrected chi connectivity index (χ1v) is 6.81. The van der Waals surface area contributed by atoms with Crippen LogP contribution in [-0.4, -0.2) is 30.3 Å². The first-order valence-electron chi connectivity index (χ1n) is 6.81. The SMILES string of the molecule is CCCC1CCN(CC(=O)c2c(F)cccc2F)C1. The molecule has 0 aromatic heterocycles. The first-order chi connectivity index (χ1) is 9.11. The van der Waals surface area contributed by atoms with Crippen molar-refractivity contribution in [3.8, 4) is 0 Å². The maximum Gasteiger partial charge on any atom is 0.182 e. The molecule has 1 heterocycles. The van der Waals surface area contributed by atoms with Crippen LogP contribution in [0.15, 0.2) is 18.2 Å². The van der Waals surface area contributed by atoms with Gasteiger partial charge in [0.05, 0.1) is 12.1 Å². The summed E-state index contributed by atoms with van der Waals surface area (Å²) in [5.41, 5.74) is -0.401. The Morgan fingerprint density at radius 2 is 2.05 bits per heavy atom. The highest BCUT2D eigenvalue weighted by molar-refractivity contribution is 5.98. The Morgan fingerprint density at radius 3 is 2.68 bits per heavy atom. The van der Waals surface area contributed by atoms with E-state index in [1.807, 2.05) is 4.90 Å². The molecule has 0 spiro atoms. The van der Waals surface area contributed by atoms with Crippen LogP contribution < -0.4 is 0 Å². The minimum absolute atomic E-state index is 0.109. The van der Waals surface area contributed by atoms with E-state index in [2.05, 4.69) is 6.92 Å². The number of ketones is 1. The zero-order chi connectivity index (χ0) is 13.8. The van der Waals surface area contributed by atoms with E-state index in [-0.39, 0.29) is 6.54 Å². The van der Waals surface area contributed by atoms with Gasteiger partial charge >= 0.3 is 0 Å². The fourth-order valence-corrected chi connectivity index (χ4v) is 2.75. The second kappa shape index (κ2) is 6.24. The fraction of sp³-hybridized carbons (Fsp3) is 0.533. The molecule has 1 atom stereocenters. The van der Waals surface area contributed by atoms with Crippen LogP contribution in [0.25, 0.3) is 0 Å². The van der Waals surface area contributed by atoms with Crippen LogP contribution in [0.4, 0.5) is 8.78 Å². The van der Waals surface area contributed by atoms with Gasteiger partial charge in [-0.3, -0.25) is 9.69 Å². The van der Waals surface area contributed by atoms with Gasteiger partial charge in [0, 0.05) is 6.54 Å². The first kappa shape index (κ1) is 14.1. The number of hydrogen-bond donors (Lipinski definition) is 0. The van der Waals surface area contributed by atoms with Crippen molar-refractivity contribution >= 4 is 5.78 Å². The molecule has 2 nitrogen and oxygen atoms in total. The molecule has 0 bridgehead atoms. The maximum atomic E-state index is 13.5. The number of hydrogen-bond acceptors (Lipinski definition) is 2. The number of benzene rings is 1. The quantitative estimate of drug-likeness (QED) is 0.763. The predicted molar refractivity (Wildman–Crippen MR) is 70.1 cm³/mol. The molecule has 2 rings (SSSR count). The van der Waals surface area contributed by atoms with Crippen LogP contribution in [0.2, 0.25) is 0 Å². The highest BCUT2D eigenvalue weighted by atomic mass is 19.1. The molecule has 1 unspecified atom stereocenters. The standard InChI is InChI=1S/C15H19F2NO/c1-2-4-11-7-8-18(9-11)10-14(19)15-12(16)5-3-6-13(15)17/h3,5-6,11H,2,4,7-10H2,1H3. The van der Waals surface area contributed by atoms with E-state index >= 15 is 0 Å². The molecule has 1 saturated heterocycles. The van der Waals surface area contributed by atoms with E-state index in [0.29, 0.717) is 5.92 Å². The average Bonchev–Trinajstić information content (AvgIpc) is 2.77. The van der Waals surface area contributed by atoms with Crippen LogP contribution in [0.3, 0.4) is 0 Å². The Balaban J connectivity index is 1.99. The molecule has 0 saturated carbocycles. The molecule has 1 fully saturated rings. The summed E-state index contributed by atoms with van der Waals surface area (Å²) in [6.45, 7) is 3.95. The molecule has 0 radical (unpaired) electrons. The molecular weight excluding hydrogens is 248 g/mol. The van der Waals surface area contributed by atoms with Gasteiger partial charge in [0.15, 0.2) is 5.78 Å². The van der Waals surface area contributed by atoms with E-state index in [0.717, 1.165) is 44.5 Å². The minimum Gasteiger partial charge on any atom is -0.296 e. The van der Waals surface area contributed by atoms with Crippen LogP contribution in [0.5, 0.6) is 0 Å². The lowest BCUT2D eigenvalue weighted by molar-refractivity contribution is 0.0934. The molecule has 4 heteroatoms. The highest BCUT2D eigenvalue weighted by Gasteiger charge is 2.25. The van der Waals surface area contributed by atoms with Gasteiger partial charge in [0.2, 0.25) is 0 Å². The summed E-state index contributed by atoms with van der Waals surface area (Å²) in [6.07, 6.45) is 3.36. The monoisotopic (exact) mass is 267 g/mol. The summed E-state index contributed by atoms with van der Waals surface area (Å²) < 4.78 is 27.0. The molecule has 0 amide bonds. The van der Waals surface area contributed by atoms with Crippen molar-refractivity contribution in [1.82, 2.24) is 4.90 Å². The third kappa shape index (κ3) is 3.38. The van der Waals surface area contributed by atoms with Gasteiger partial charge < -0.3 is 0 Å². The van der Waals surface area contributed by atoms with Gasteiger partial charge in [-0.05, 0) is 37.4 Å². The Labute approximate surface area is 112 Å². The van der Waals surface area contributed by atoms with Crippen LogP contribution in [0, 0.1) is 17.6 Å². The molecule has 19 heavy (non-hydrogen) atoms. The summed E-state index contributed by atoms with van der Waals surface area (Å²) >= 11 is 0. The molecule has 1 aromatic rings. The van der Waals surface area contributed by atoms with Crippen LogP contribution in [0.1, 0.15) is 36.5 Å². The van der Waals surface area contributed by atoms with Crippen molar-refractivity contribution in [2.24, 2.45) is 5.92 Å². The molecule has 1 aliphatic heterocycles. The van der Waals surface area contributed by atoms with Gasteiger partial charge in [-0.2, -0.15) is 0 Å². The predicted octanol–water partition coefficient (Wildman–Crippen LogP) is 3.27. The molecule has 1 aliphatic rings. The normalized spacial score (nSPS) is 19.8. The number of carbonyl (C=O) groups is 1. The molecular formula is C15H19F2NO. The average molecular weight is 267 g/mol. The highest BCUT2D eigenvalue weighted by Crippen LogP contribution is 2.21. The van der Waals surface area contributed by atoms with Crippen LogP contribution >= 0.6 is 0 Å². The summed E-state index contributed by atoms with van der Waals surface area (Å²) in [6, 6.07) is 3.52. The summed E-state index contributed by atoms with van der Waals surface area (Å²) in [5, 5.41) is 0. The molecule has 1 aromatic carbocycles. The summed E-state index contributed by atoms with van der Waals surface area (Å²) in [4.78, 5) is 14.0. The van der Waals surface area contributed by atoms with E-state index in [9.17, 15) is 13.6 Å². The van der Waals surface area contributed by atoms with Gasteiger partial charge in [-0.25, -0.2) is 8.78 Å². The maximum absolute atomic E-state index is 13.5. The van der Waals surface area contributed by atoms with Crippen molar-refractivity contribution < 1.29 is 13.6 Å². The number of carbonyl (C=O) groups excluding carboxylic acids is 1. The third-order valence-electron chi connectivity index (χ3n) is 3.68. The second-order valence-corrected chi connectivity index (χ2v) is 5.20. The van der Waals surface area contributed by atoms with Crippen molar-refractivity contribution in [1.29, 1.82) is 0 Å². The van der Waals surface area contributed by atoms with E-state index in [1.54, 1.807) is 0 Å². The van der Waals surface area contributed by atoms with E-state index in [1.165, 1.54) is 6.07 Å². The lowest BCUT2D eigenvalue weighted by Crippen LogP contribution is -2.28. The smallest absolute Gasteiger partial charge is 0.182 e.